The van der Waals surface area contributed by atoms with Crippen LogP contribution < -0.4 is 0 Å². The molecule has 0 spiro atoms. The highest BCUT2D eigenvalue weighted by atomic mass is 16.6. The van der Waals surface area contributed by atoms with E-state index in [4.69, 9.17) is 14.6 Å². The molecule has 0 saturated carbocycles. The van der Waals surface area contributed by atoms with Crippen molar-refractivity contribution in [3.63, 3.8) is 0 Å². The molecule has 7 heteroatoms. The second kappa shape index (κ2) is 5.98. The first-order valence-electron chi connectivity index (χ1n) is 6.92. The zero-order chi connectivity index (χ0) is 15.5. The summed E-state index contributed by atoms with van der Waals surface area (Å²) in [6.07, 6.45) is 0. The maximum Gasteiger partial charge on any atom is 0.280 e. The van der Waals surface area contributed by atoms with Crippen LogP contribution in [0.15, 0.2) is 40.8 Å². The van der Waals surface area contributed by atoms with Gasteiger partial charge in [0.05, 0.1) is 23.7 Å². The van der Waals surface area contributed by atoms with Gasteiger partial charge in [0.2, 0.25) is 0 Å². The van der Waals surface area contributed by atoms with Gasteiger partial charge in [0.15, 0.2) is 11.6 Å². The molecule has 0 amide bonds. The number of hydrogen-bond donors (Lipinski definition) is 1. The van der Waals surface area contributed by atoms with Gasteiger partial charge in [0.1, 0.15) is 5.76 Å². The van der Waals surface area contributed by atoms with Gasteiger partial charge in [0, 0.05) is 19.2 Å². The van der Waals surface area contributed by atoms with E-state index in [0.717, 1.165) is 0 Å². The molecule has 2 aromatic rings. The van der Waals surface area contributed by atoms with Gasteiger partial charge in [-0.3, -0.25) is 15.5 Å². The van der Waals surface area contributed by atoms with Gasteiger partial charge in [-0.2, -0.15) is 0 Å². The molecule has 0 bridgehead atoms. The third-order valence-corrected chi connectivity index (χ3v) is 3.53. The Kier molecular flexibility index (Phi) is 3.88. The van der Waals surface area contributed by atoms with Crippen LogP contribution in [0.4, 0.5) is 5.69 Å². The molecule has 22 heavy (non-hydrogen) atoms. The Hall–Kier alpha value is -2.67. The molecular formula is C15H15N3O4. The minimum atomic E-state index is -0.440. The molecule has 0 radical (unpaired) electrons. The van der Waals surface area contributed by atoms with Crippen molar-refractivity contribution < 1.29 is 14.1 Å². The van der Waals surface area contributed by atoms with Gasteiger partial charge >= 0.3 is 0 Å². The Morgan fingerprint density at radius 1 is 1.18 bits per heavy atom. The molecule has 2 heterocycles. The van der Waals surface area contributed by atoms with Crippen LogP contribution in [0.3, 0.4) is 0 Å². The molecule has 1 aromatic heterocycles. The van der Waals surface area contributed by atoms with Gasteiger partial charge in [-0.15, -0.1) is 0 Å². The van der Waals surface area contributed by atoms with Crippen LogP contribution >= 0.6 is 0 Å². The molecule has 1 aromatic carbocycles. The van der Waals surface area contributed by atoms with E-state index in [1.54, 1.807) is 30.3 Å². The summed E-state index contributed by atoms with van der Waals surface area (Å²) in [7, 11) is 0. The number of rotatable bonds is 3. The number of morpholine rings is 1. The maximum absolute atomic E-state index is 11.1. The first kappa shape index (κ1) is 14.3. The normalized spacial score (nSPS) is 14.8. The fraction of sp³-hybridized carbons (Fsp3) is 0.267. The SMILES string of the molecule is N=C(c1ccc(-c2ccccc2[N+](=O)[O-])o1)N1CCOCC1. The predicted molar refractivity (Wildman–Crippen MR) is 80.0 cm³/mol. The number of furan rings is 1. The minimum Gasteiger partial charge on any atom is -0.453 e. The molecule has 0 atom stereocenters. The molecule has 7 nitrogen and oxygen atoms in total. The number of hydrogen-bond acceptors (Lipinski definition) is 5. The third-order valence-electron chi connectivity index (χ3n) is 3.53. The number of amidine groups is 1. The molecule has 1 aliphatic rings. The quantitative estimate of drug-likeness (QED) is 0.407. The number of nitrogens with one attached hydrogen (secondary N) is 1. The summed E-state index contributed by atoms with van der Waals surface area (Å²) in [4.78, 5) is 12.5. The standard InChI is InChI=1S/C15H15N3O4/c16-15(17-7-9-21-10-8-17)14-6-5-13(22-14)11-3-1-2-4-12(11)18(19)20/h1-6,16H,7-10H2. The monoisotopic (exact) mass is 301 g/mol. The molecule has 114 valence electrons. The number of para-hydroxylation sites is 1. The summed E-state index contributed by atoms with van der Waals surface area (Å²) in [6.45, 7) is 2.45. The fourth-order valence-corrected chi connectivity index (χ4v) is 2.39. The number of nitro groups is 1. The van der Waals surface area contributed by atoms with Gasteiger partial charge in [-0.1, -0.05) is 12.1 Å². The Balaban J connectivity index is 1.88. The minimum absolute atomic E-state index is 0.0127. The molecule has 3 rings (SSSR count). The first-order valence-corrected chi connectivity index (χ1v) is 6.92. The number of nitro benzene ring substituents is 1. The van der Waals surface area contributed by atoms with E-state index in [1.807, 2.05) is 4.90 Å². The van der Waals surface area contributed by atoms with Gasteiger partial charge < -0.3 is 14.1 Å². The van der Waals surface area contributed by atoms with Crippen molar-refractivity contribution in [2.24, 2.45) is 0 Å². The predicted octanol–water partition coefficient (Wildman–Crippen LogP) is 2.51. The lowest BCUT2D eigenvalue weighted by atomic mass is 10.1. The van der Waals surface area contributed by atoms with E-state index < -0.39 is 4.92 Å². The summed E-state index contributed by atoms with van der Waals surface area (Å²) < 4.78 is 10.9. The summed E-state index contributed by atoms with van der Waals surface area (Å²) >= 11 is 0. The molecule has 1 fully saturated rings. The van der Waals surface area contributed by atoms with E-state index in [0.29, 0.717) is 43.4 Å². The highest BCUT2D eigenvalue weighted by Crippen LogP contribution is 2.31. The maximum atomic E-state index is 11.1. The van der Waals surface area contributed by atoms with E-state index in [-0.39, 0.29) is 11.5 Å². The second-order valence-electron chi connectivity index (χ2n) is 4.89. The molecular weight excluding hydrogens is 286 g/mol. The summed E-state index contributed by atoms with van der Waals surface area (Å²) in [5, 5.41) is 19.3. The molecule has 0 aliphatic carbocycles. The number of ether oxygens (including phenoxy) is 1. The van der Waals surface area contributed by atoms with Crippen LogP contribution in [0.5, 0.6) is 0 Å². The van der Waals surface area contributed by atoms with Gasteiger partial charge in [-0.05, 0) is 18.2 Å². The lowest BCUT2D eigenvalue weighted by Gasteiger charge is -2.27. The van der Waals surface area contributed by atoms with Gasteiger partial charge in [0.25, 0.3) is 5.69 Å². The topological polar surface area (TPSA) is 92.6 Å². The fourth-order valence-electron chi connectivity index (χ4n) is 2.39. The van der Waals surface area contributed by atoms with Crippen LogP contribution in [-0.4, -0.2) is 42.0 Å². The van der Waals surface area contributed by atoms with E-state index in [2.05, 4.69) is 0 Å². The van der Waals surface area contributed by atoms with E-state index in [9.17, 15) is 10.1 Å². The zero-order valence-corrected chi connectivity index (χ0v) is 11.8. The van der Waals surface area contributed by atoms with Crippen LogP contribution in [0.25, 0.3) is 11.3 Å². The van der Waals surface area contributed by atoms with E-state index in [1.165, 1.54) is 6.07 Å². The largest absolute Gasteiger partial charge is 0.453 e. The smallest absolute Gasteiger partial charge is 0.280 e. The Bertz CT molecular complexity index is 704. The average Bonchev–Trinajstić information content (AvgIpc) is 3.04. The van der Waals surface area contributed by atoms with Crippen molar-refractivity contribution in [2.75, 3.05) is 26.3 Å². The highest BCUT2D eigenvalue weighted by molar-refractivity contribution is 5.94. The molecule has 0 unspecified atom stereocenters. The highest BCUT2D eigenvalue weighted by Gasteiger charge is 2.21. The third kappa shape index (κ3) is 2.71. The lowest BCUT2D eigenvalue weighted by Crippen LogP contribution is -2.40. The Labute approximate surface area is 126 Å². The summed E-state index contributed by atoms with van der Waals surface area (Å²) in [6, 6.07) is 9.74. The summed E-state index contributed by atoms with van der Waals surface area (Å²) in [5.41, 5.74) is 0.398. The molecule has 1 aliphatic heterocycles. The summed E-state index contributed by atoms with van der Waals surface area (Å²) in [5.74, 6) is 1.06. The van der Waals surface area contributed by atoms with Gasteiger partial charge in [-0.25, -0.2) is 0 Å². The van der Waals surface area contributed by atoms with E-state index >= 15 is 0 Å². The second-order valence-corrected chi connectivity index (χ2v) is 4.89. The lowest BCUT2D eigenvalue weighted by molar-refractivity contribution is -0.384. The van der Waals surface area contributed by atoms with Crippen molar-refractivity contribution >= 4 is 11.5 Å². The Morgan fingerprint density at radius 3 is 2.64 bits per heavy atom. The number of nitrogens with zero attached hydrogens (tertiary/aromatic N) is 2. The van der Waals surface area contributed by atoms with Crippen molar-refractivity contribution in [2.45, 2.75) is 0 Å². The van der Waals surface area contributed by atoms with Crippen LogP contribution in [0.2, 0.25) is 0 Å². The average molecular weight is 301 g/mol. The van der Waals surface area contributed by atoms with Crippen LogP contribution in [0, 0.1) is 15.5 Å². The van der Waals surface area contributed by atoms with Crippen LogP contribution in [0.1, 0.15) is 5.76 Å². The Morgan fingerprint density at radius 2 is 1.91 bits per heavy atom. The number of benzene rings is 1. The molecule has 1 N–H and O–H groups in total. The van der Waals surface area contributed by atoms with Crippen molar-refractivity contribution in [1.82, 2.24) is 4.90 Å². The zero-order valence-electron chi connectivity index (χ0n) is 11.8. The van der Waals surface area contributed by atoms with Crippen molar-refractivity contribution in [3.05, 3.63) is 52.3 Å². The van der Waals surface area contributed by atoms with Crippen molar-refractivity contribution in [3.8, 4) is 11.3 Å². The van der Waals surface area contributed by atoms with Crippen molar-refractivity contribution in [1.29, 1.82) is 5.41 Å². The first-order chi connectivity index (χ1) is 10.7. The van der Waals surface area contributed by atoms with Crippen LogP contribution in [-0.2, 0) is 4.74 Å². The molecule has 1 saturated heterocycles.